The van der Waals surface area contributed by atoms with E-state index in [1.54, 1.807) is 27.7 Å². The van der Waals surface area contributed by atoms with Gasteiger partial charge in [-0.3, -0.25) is 0 Å². The van der Waals surface area contributed by atoms with E-state index in [4.69, 9.17) is 9.47 Å². The highest BCUT2D eigenvalue weighted by Gasteiger charge is 2.31. The highest BCUT2D eigenvalue weighted by Crippen LogP contribution is 2.33. The molecule has 0 aliphatic carbocycles. The minimum atomic E-state index is -4.51. The number of aromatic nitrogens is 4. The molecule has 1 aromatic carbocycles. The van der Waals surface area contributed by atoms with Crippen LogP contribution >= 0.6 is 0 Å². The molecular formula is C16H19F3N4O3. The molecule has 0 bridgehead atoms. The number of rotatable bonds is 5. The number of hydrogen-bond donors (Lipinski definition) is 0. The molecule has 0 aliphatic heterocycles. The Labute approximate surface area is 148 Å². The van der Waals surface area contributed by atoms with E-state index in [-0.39, 0.29) is 17.9 Å². The Bertz CT molecular complexity index is 782. The number of hydrogen-bond acceptors (Lipinski definition) is 6. The number of aryl methyl sites for hydroxylation is 1. The topological polar surface area (TPSA) is 79.1 Å². The number of benzene rings is 1. The van der Waals surface area contributed by atoms with Crippen LogP contribution in [0.5, 0.6) is 5.75 Å². The number of tetrazole rings is 1. The second-order valence-electron chi connectivity index (χ2n) is 6.58. The van der Waals surface area contributed by atoms with Gasteiger partial charge in [0.15, 0.2) is 6.61 Å². The first-order chi connectivity index (χ1) is 12.0. The lowest BCUT2D eigenvalue weighted by Gasteiger charge is -2.20. The first-order valence-corrected chi connectivity index (χ1v) is 7.73. The normalized spacial score (nSPS) is 12.1. The van der Waals surface area contributed by atoms with E-state index < -0.39 is 29.9 Å². The molecule has 2 aromatic rings. The Morgan fingerprint density at radius 1 is 1.23 bits per heavy atom. The van der Waals surface area contributed by atoms with Crippen molar-refractivity contribution in [2.45, 2.75) is 46.0 Å². The van der Waals surface area contributed by atoms with E-state index >= 15 is 0 Å². The van der Waals surface area contributed by atoms with Crippen LogP contribution in [0.4, 0.5) is 13.2 Å². The van der Waals surface area contributed by atoms with Gasteiger partial charge in [0.1, 0.15) is 17.2 Å². The largest absolute Gasteiger partial charge is 0.482 e. The molecule has 7 nitrogen and oxygen atoms in total. The van der Waals surface area contributed by atoms with Gasteiger partial charge in [0.25, 0.3) is 0 Å². The van der Waals surface area contributed by atoms with Crippen LogP contribution in [-0.4, -0.2) is 38.4 Å². The van der Waals surface area contributed by atoms with E-state index in [0.29, 0.717) is 5.82 Å². The van der Waals surface area contributed by atoms with Gasteiger partial charge in [-0.1, -0.05) is 0 Å². The van der Waals surface area contributed by atoms with Crippen LogP contribution in [0.15, 0.2) is 18.2 Å². The Balaban J connectivity index is 2.24. The van der Waals surface area contributed by atoms with Gasteiger partial charge in [-0.2, -0.15) is 13.2 Å². The van der Waals surface area contributed by atoms with Crippen molar-refractivity contribution in [3.8, 4) is 5.75 Å². The number of alkyl halides is 3. The molecule has 0 spiro atoms. The molecule has 0 amide bonds. The summed E-state index contributed by atoms with van der Waals surface area (Å²) in [6, 6.07) is 3.01. The minimum absolute atomic E-state index is 0.0353. The third-order valence-electron chi connectivity index (χ3n) is 3.18. The van der Waals surface area contributed by atoms with E-state index in [2.05, 4.69) is 15.5 Å². The summed E-state index contributed by atoms with van der Waals surface area (Å²) < 4.78 is 50.8. The van der Waals surface area contributed by atoms with Gasteiger partial charge < -0.3 is 9.47 Å². The summed E-state index contributed by atoms with van der Waals surface area (Å²) in [5.74, 6) is -0.0683. The number of carbonyl (C=O) groups excluding carboxylic acids is 1. The van der Waals surface area contributed by atoms with Crippen LogP contribution in [0.2, 0.25) is 0 Å². The van der Waals surface area contributed by atoms with E-state index in [1.807, 2.05) is 0 Å². The van der Waals surface area contributed by atoms with Crippen molar-refractivity contribution in [2.75, 3.05) is 6.61 Å². The number of esters is 1. The van der Waals surface area contributed by atoms with Crippen LogP contribution < -0.4 is 4.74 Å². The Morgan fingerprint density at radius 3 is 2.46 bits per heavy atom. The number of ether oxygens (including phenoxy) is 2. The van der Waals surface area contributed by atoms with E-state index in [9.17, 15) is 18.0 Å². The van der Waals surface area contributed by atoms with Gasteiger partial charge in [0.05, 0.1) is 12.1 Å². The lowest BCUT2D eigenvalue weighted by Crippen LogP contribution is -2.27. The van der Waals surface area contributed by atoms with E-state index in [1.165, 1.54) is 10.7 Å². The second-order valence-corrected chi connectivity index (χ2v) is 6.58. The fourth-order valence-corrected chi connectivity index (χ4v) is 2.08. The molecule has 142 valence electrons. The van der Waals surface area contributed by atoms with Gasteiger partial charge in [0, 0.05) is 5.56 Å². The van der Waals surface area contributed by atoms with Gasteiger partial charge >= 0.3 is 12.1 Å². The summed E-state index contributed by atoms with van der Waals surface area (Å²) >= 11 is 0. The van der Waals surface area contributed by atoms with Crippen LogP contribution in [0.3, 0.4) is 0 Å². The van der Waals surface area contributed by atoms with Crippen molar-refractivity contribution in [1.82, 2.24) is 20.2 Å². The molecule has 0 saturated heterocycles. The number of halogens is 3. The van der Waals surface area contributed by atoms with Gasteiger partial charge in [-0.25, -0.2) is 9.48 Å². The third-order valence-corrected chi connectivity index (χ3v) is 3.18. The summed E-state index contributed by atoms with van der Waals surface area (Å²) in [5.41, 5.74) is -1.32. The first-order valence-electron chi connectivity index (χ1n) is 7.73. The predicted octanol–water partition coefficient (Wildman–Crippen LogP) is 2.77. The summed E-state index contributed by atoms with van der Waals surface area (Å²) in [6.07, 6.45) is -4.51. The number of nitrogens with zero attached hydrogens (tertiary/aromatic N) is 4. The molecule has 2 rings (SSSR count). The van der Waals surface area contributed by atoms with Crippen molar-refractivity contribution in [3.05, 3.63) is 35.2 Å². The Morgan fingerprint density at radius 2 is 1.92 bits per heavy atom. The van der Waals surface area contributed by atoms with Crippen molar-refractivity contribution in [3.63, 3.8) is 0 Å². The molecule has 0 atom stereocenters. The maximum Gasteiger partial charge on any atom is 0.416 e. The maximum atomic E-state index is 13.0. The van der Waals surface area contributed by atoms with Crippen molar-refractivity contribution < 1.29 is 27.4 Å². The predicted molar refractivity (Wildman–Crippen MR) is 84.4 cm³/mol. The molecule has 0 radical (unpaired) electrons. The molecule has 0 N–H and O–H groups in total. The fraction of sp³-hybridized carbons (Fsp3) is 0.500. The fourth-order valence-electron chi connectivity index (χ4n) is 2.08. The zero-order chi connectivity index (χ0) is 19.5. The molecule has 0 unspecified atom stereocenters. The Kier molecular flexibility index (Phi) is 5.53. The summed E-state index contributed by atoms with van der Waals surface area (Å²) in [4.78, 5) is 11.8. The Hall–Kier alpha value is -2.65. The molecule has 10 heteroatoms. The van der Waals surface area contributed by atoms with Crippen LogP contribution in [0.25, 0.3) is 0 Å². The molecule has 1 heterocycles. The SMILES string of the molecule is Cc1nnnn1Cc1cc(C(F)(F)F)ccc1OCC(=O)OC(C)(C)C. The molecule has 1 aromatic heterocycles. The second kappa shape index (κ2) is 7.30. The molecule has 0 saturated carbocycles. The van der Waals surface area contributed by atoms with Crippen molar-refractivity contribution in [1.29, 1.82) is 0 Å². The standard InChI is InChI=1S/C16H19F3N4O3/c1-10-20-21-22-23(10)8-11-7-12(16(17,18)19)5-6-13(11)25-9-14(24)26-15(2,3)4/h5-7H,8-9H2,1-4H3. The molecule has 0 aliphatic rings. The molecular weight excluding hydrogens is 353 g/mol. The van der Waals surface area contributed by atoms with Crippen molar-refractivity contribution in [2.24, 2.45) is 0 Å². The van der Waals surface area contributed by atoms with E-state index in [0.717, 1.165) is 12.1 Å². The van der Waals surface area contributed by atoms with Crippen molar-refractivity contribution >= 4 is 5.97 Å². The van der Waals surface area contributed by atoms with Gasteiger partial charge in [0.2, 0.25) is 0 Å². The zero-order valence-corrected chi connectivity index (χ0v) is 14.8. The average molecular weight is 372 g/mol. The summed E-state index contributed by atoms with van der Waals surface area (Å²) in [7, 11) is 0. The average Bonchev–Trinajstić information content (AvgIpc) is 2.88. The lowest BCUT2D eigenvalue weighted by molar-refractivity contribution is -0.157. The first kappa shape index (κ1) is 19.7. The maximum absolute atomic E-state index is 13.0. The van der Waals surface area contributed by atoms with Gasteiger partial charge in [-0.15, -0.1) is 5.10 Å². The van der Waals surface area contributed by atoms with Crippen LogP contribution in [0.1, 0.15) is 37.7 Å². The minimum Gasteiger partial charge on any atom is -0.482 e. The quantitative estimate of drug-likeness (QED) is 0.751. The van der Waals surface area contributed by atoms with Crippen LogP contribution in [-0.2, 0) is 22.3 Å². The molecule has 26 heavy (non-hydrogen) atoms. The molecule has 0 fully saturated rings. The highest BCUT2D eigenvalue weighted by molar-refractivity contribution is 5.71. The number of carbonyl (C=O) groups is 1. The summed E-state index contributed by atoms with van der Waals surface area (Å²) in [6.45, 7) is 6.27. The monoisotopic (exact) mass is 372 g/mol. The van der Waals surface area contributed by atoms with Crippen LogP contribution in [0, 0.1) is 6.92 Å². The zero-order valence-electron chi connectivity index (χ0n) is 14.8. The highest BCUT2D eigenvalue weighted by atomic mass is 19.4. The summed E-state index contributed by atoms with van der Waals surface area (Å²) in [5, 5.41) is 10.9. The lowest BCUT2D eigenvalue weighted by atomic mass is 10.1. The smallest absolute Gasteiger partial charge is 0.416 e. The van der Waals surface area contributed by atoms with Gasteiger partial charge in [-0.05, 0) is 56.3 Å². The third kappa shape index (κ3) is 5.43.